The molecule has 1 aliphatic rings. The maximum atomic E-state index is 12.2. The number of nitrogens with one attached hydrogen (secondary N) is 1. The zero-order valence-electron chi connectivity index (χ0n) is 11.6. The van der Waals surface area contributed by atoms with Crippen molar-refractivity contribution >= 4 is 11.8 Å². The Bertz CT molecular complexity index is 307. The van der Waals surface area contributed by atoms with Gasteiger partial charge in [0, 0.05) is 0 Å². The standard InChI is InChI=1S/C13H25N3O2/c1-4-9(2)11(12(14)17)15-13(18)10-7-5-6-8-16(10)3/h9-11H,4-8H2,1-3H3,(H2,14,17)(H,15,18)/t9?,10-,11+/m1/s1. The number of carbonyl (C=O) groups excluding carboxylic acids is 2. The molecule has 2 amide bonds. The average Bonchev–Trinajstić information content (AvgIpc) is 2.35. The van der Waals surface area contributed by atoms with Gasteiger partial charge >= 0.3 is 0 Å². The number of rotatable bonds is 5. The van der Waals surface area contributed by atoms with Crippen molar-refractivity contribution in [2.75, 3.05) is 13.6 Å². The molecule has 0 aromatic rings. The molecule has 3 N–H and O–H groups in total. The lowest BCUT2D eigenvalue weighted by Crippen LogP contribution is -2.55. The zero-order chi connectivity index (χ0) is 13.7. The topological polar surface area (TPSA) is 75.4 Å². The Kier molecular flexibility index (Phi) is 5.59. The van der Waals surface area contributed by atoms with Gasteiger partial charge in [-0.05, 0) is 32.4 Å². The predicted molar refractivity (Wildman–Crippen MR) is 70.8 cm³/mol. The Morgan fingerprint density at radius 2 is 2.11 bits per heavy atom. The maximum Gasteiger partial charge on any atom is 0.240 e. The van der Waals surface area contributed by atoms with Gasteiger partial charge in [0.25, 0.3) is 0 Å². The first-order valence-corrected chi connectivity index (χ1v) is 6.77. The summed E-state index contributed by atoms with van der Waals surface area (Å²) < 4.78 is 0. The van der Waals surface area contributed by atoms with Crippen LogP contribution < -0.4 is 11.1 Å². The van der Waals surface area contributed by atoms with E-state index in [0.717, 1.165) is 32.2 Å². The summed E-state index contributed by atoms with van der Waals surface area (Å²) in [4.78, 5) is 25.6. The van der Waals surface area contributed by atoms with Gasteiger partial charge in [-0.2, -0.15) is 0 Å². The van der Waals surface area contributed by atoms with Crippen LogP contribution >= 0.6 is 0 Å². The molecule has 0 aromatic heterocycles. The summed E-state index contributed by atoms with van der Waals surface area (Å²) in [6.07, 6.45) is 3.86. The molecule has 0 saturated carbocycles. The molecule has 0 radical (unpaired) electrons. The minimum atomic E-state index is -0.558. The Hall–Kier alpha value is -1.10. The molecule has 0 aromatic carbocycles. The second-order valence-corrected chi connectivity index (χ2v) is 5.27. The lowest BCUT2D eigenvalue weighted by atomic mass is 9.97. The van der Waals surface area contributed by atoms with Crippen molar-refractivity contribution in [2.45, 2.75) is 51.6 Å². The van der Waals surface area contributed by atoms with Crippen LogP contribution in [0.1, 0.15) is 39.5 Å². The van der Waals surface area contributed by atoms with E-state index in [2.05, 4.69) is 5.32 Å². The fraction of sp³-hybridized carbons (Fsp3) is 0.846. The van der Waals surface area contributed by atoms with Crippen molar-refractivity contribution in [1.82, 2.24) is 10.2 Å². The number of piperidine rings is 1. The molecule has 1 aliphatic heterocycles. The minimum Gasteiger partial charge on any atom is -0.368 e. The van der Waals surface area contributed by atoms with Crippen molar-refractivity contribution in [2.24, 2.45) is 11.7 Å². The van der Waals surface area contributed by atoms with Crippen LogP contribution in [0.25, 0.3) is 0 Å². The Morgan fingerprint density at radius 3 is 2.61 bits per heavy atom. The van der Waals surface area contributed by atoms with Crippen LogP contribution in [-0.4, -0.2) is 42.4 Å². The number of primary amides is 1. The fourth-order valence-corrected chi connectivity index (χ4v) is 2.39. The summed E-state index contributed by atoms with van der Waals surface area (Å²) in [6.45, 7) is 4.85. The van der Waals surface area contributed by atoms with Gasteiger partial charge < -0.3 is 11.1 Å². The summed E-state index contributed by atoms with van der Waals surface area (Å²) in [7, 11) is 1.95. The SMILES string of the molecule is CCC(C)[C@H](NC(=O)[C@H]1CCCCN1C)C(N)=O. The van der Waals surface area contributed by atoms with Crippen LogP contribution in [0.5, 0.6) is 0 Å². The Balaban J connectivity index is 2.63. The van der Waals surface area contributed by atoms with Gasteiger partial charge in [-0.3, -0.25) is 14.5 Å². The second-order valence-electron chi connectivity index (χ2n) is 5.27. The Morgan fingerprint density at radius 1 is 1.44 bits per heavy atom. The van der Waals surface area contributed by atoms with Crippen molar-refractivity contribution in [3.05, 3.63) is 0 Å². The number of likely N-dealkylation sites (N-methyl/N-ethyl adjacent to an activating group) is 1. The number of carbonyl (C=O) groups is 2. The van der Waals surface area contributed by atoms with E-state index < -0.39 is 11.9 Å². The number of likely N-dealkylation sites (tertiary alicyclic amines) is 1. The van der Waals surface area contributed by atoms with Gasteiger partial charge in [-0.15, -0.1) is 0 Å². The number of nitrogens with zero attached hydrogens (tertiary/aromatic N) is 1. The third-order valence-corrected chi connectivity index (χ3v) is 3.89. The molecular formula is C13H25N3O2. The molecule has 18 heavy (non-hydrogen) atoms. The van der Waals surface area contributed by atoms with E-state index in [0.29, 0.717) is 0 Å². The molecule has 3 atom stereocenters. The normalized spacial score (nSPS) is 24.3. The van der Waals surface area contributed by atoms with Crippen molar-refractivity contribution in [3.8, 4) is 0 Å². The highest BCUT2D eigenvalue weighted by atomic mass is 16.2. The van der Waals surface area contributed by atoms with Crippen molar-refractivity contribution in [1.29, 1.82) is 0 Å². The molecule has 1 rings (SSSR count). The van der Waals surface area contributed by atoms with Gasteiger partial charge in [-0.25, -0.2) is 0 Å². The van der Waals surface area contributed by atoms with Crippen LogP contribution in [0.4, 0.5) is 0 Å². The summed E-state index contributed by atoms with van der Waals surface area (Å²) in [5, 5.41) is 2.81. The van der Waals surface area contributed by atoms with Crippen LogP contribution in [0.15, 0.2) is 0 Å². The smallest absolute Gasteiger partial charge is 0.240 e. The zero-order valence-corrected chi connectivity index (χ0v) is 11.6. The molecule has 1 saturated heterocycles. The molecule has 0 aliphatic carbocycles. The van der Waals surface area contributed by atoms with Crippen molar-refractivity contribution < 1.29 is 9.59 Å². The van der Waals surface area contributed by atoms with Gasteiger partial charge in [0.15, 0.2) is 0 Å². The largest absolute Gasteiger partial charge is 0.368 e. The van der Waals surface area contributed by atoms with Gasteiger partial charge in [0.05, 0.1) is 6.04 Å². The van der Waals surface area contributed by atoms with Gasteiger partial charge in [-0.1, -0.05) is 26.7 Å². The monoisotopic (exact) mass is 255 g/mol. The number of amides is 2. The second kappa shape index (κ2) is 6.73. The lowest BCUT2D eigenvalue weighted by Gasteiger charge is -2.33. The van der Waals surface area contributed by atoms with Crippen LogP contribution in [0, 0.1) is 5.92 Å². The van der Waals surface area contributed by atoms with Crippen LogP contribution in [0.2, 0.25) is 0 Å². The molecule has 0 bridgehead atoms. The fourth-order valence-electron chi connectivity index (χ4n) is 2.39. The number of nitrogens with two attached hydrogens (primary N) is 1. The van der Waals surface area contributed by atoms with E-state index in [1.54, 1.807) is 0 Å². The lowest BCUT2D eigenvalue weighted by molar-refractivity contribution is -0.132. The highest BCUT2D eigenvalue weighted by molar-refractivity contribution is 5.89. The highest BCUT2D eigenvalue weighted by Gasteiger charge is 2.30. The quantitative estimate of drug-likeness (QED) is 0.750. The minimum absolute atomic E-state index is 0.0682. The van der Waals surface area contributed by atoms with E-state index in [-0.39, 0.29) is 17.9 Å². The molecule has 5 heteroatoms. The first-order chi connectivity index (χ1) is 8.47. The predicted octanol–water partition coefficient (Wildman–Crippen LogP) is 0.487. The van der Waals surface area contributed by atoms with E-state index in [1.807, 2.05) is 25.8 Å². The molecule has 5 nitrogen and oxygen atoms in total. The Labute approximate surface area is 109 Å². The first kappa shape index (κ1) is 15.0. The van der Waals surface area contributed by atoms with E-state index in [4.69, 9.17) is 5.73 Å². The first-order valence-electron chi connectivity index (χ1n) is 6.77. The molecule has 1 unspecified atom stereocenters. The molecule has 1 heterocycles. The summed E-state index contributed by atoms with van der Waals surface area (Å²) >= 11 is 0. The van der Waals surface area contributed by atoms with E-state index >= 15 is 0 Å². The van der Waals surface area contributed by atoms with Crippen LogP contribution in [0.3, 0.4) is 0 Å². The third-order valence-electron chi connectivity index (χ3n) is 3.89. The molecular weight excluding hydrogens is 230 g/mol. The number of hydrogen-bond donors (Lipinski definition) is 2. The van der Waals surface area contributed by atoms with Gasteiger partial charge in [0.1, 0.15) is 6.04 Å². The van der Waals surface area contributed by atoms with Crippen molar-refractivity contribution in [3.63, 3.8) is 0 Å². The summed E-state index contributed by atoms with van der Waals surface area (Å²) in [6, 6.07) is -0.678. The summed E-state index contributed by atoms with van der Waals surface area (Å²) in [5.41, 5.74) is 5.36. The summed E-state index contributed by atoms with van der Waals surface area (Å²) in [5.74, 6) is -0.446. The van der Waals surface area contributed by atoms with E-state index in [9.17, 15) is 9.59 Å². The van der Waals surface area contributed by atoms with Crippen LogP contribution in [-0.2, 0) is 9.59 Å². The maximum absolute atomic E-state index is 12.2. The molecule has 1 fully saturated rings. The van der Waals surface area contributed by atoms with E-state index in [1.165, 1.54) is 0 Å². The molecule has 0 spiro atoms. The number of hydrogen-bond acceptors (Lipinski definition) is 3. The average molecular weight is 255 g/mol. The van der Waals surface area contributed by atoms with Gasteiger partial charge in [0.2, 0.25) is 11.8 Å². The highest BCUT2D eigenvalue weighted by Crippen LogP contribution is 2.16. The molecule has 104 valence electrons. The third kappa shape index (κ3) is 3.70.